The molecule has 1 rings (SSSR count). The van der Waals surface area contributed by atoms with Crippen molar-refractivity contribution in [3.8, 4) is 0 Å². The Morgan fingerprint density at radius 1 is 1.26 bits per heavy atom. The summed E-state index contributed by atoms with van der Waals surface area (Å²) in [6.07, 6.45) is 2.99. The molecule has 0 unspecified atom stereocenters. The van der Waals surface area contributed by atoms with Crippen LogP contribution < -0.4 is 5.32 Å². The highest BCUT2D eigenvalue weighted by Crippen LogP contribution is 2.20. The summed E-state index contributed by atoms with van der Waals surface area (Å²) in [7, 11) is 0. The maximum Gasteiger partial charge on any atom is 0.223 e. The van der Waals surface area contributed by atoms with E-state index in [1.54, 1.807) is 0 Å². The molecule has 1 heterocycles. The zero-order valence-electron chi connectivity index (χ0n) is 12.6. The van der Waals surface area contributed by atoms with Crippen molar-refractivity contribution < 1.29 is 0 Å². The van der Waals surface area contributed by atoms with Gasteiger partial charge in [-0.05, 0) is 32.0 Å². The highest BCUT2D eigenvalue weighted by atomic mass is 32.2. The van der Waals surface area contributed by atoms with Gasteiger partial charge in [-0.25, -0.2) is 9.97 Å². The maximum atomic E-state index is 4.58. The Bertz CT molecular complexity index is 366. The van der Waals surface area contributed by atoms with E-state index >= 15 is 0 Å². The van der Waals surface area contributed by atoms with E-state index < -0.39 is 0 Å². The number of hydrogen-bond donors (Lipinski definition) is 1. The van der Waals surface area contributed by atoms with E-state index in [9.17, 15) is 0 Å². The van der Waals surface area contributed by atoms with Gasteiger partial charge in [-0.1, -0.05) is 20.8 Å². The normalized spacial score (nSPS) is 11.0. The summed E-state index contributed by atoms with van der Waals surface area (Å²) in [6, 6.07) is 0. The Labute approximate surface area is 121 Å². The molecule has 1 N–H and O–H groups in total. The SMILES string of the molecule is CCCNc1ncc(C)c(SCCN(CC)CC)n1. The summed E-state index contributed by atoms with van der Waals surface area (Å²) >= 11 is 1.82. The van der Waals surface area contributed by atoms with Crippen LogP contribution in [0.2, 0.25) is 0 Å². The van der Waals surface area contributed by atoms with E-state index in [0.29, 0.717) is 0 Å². The van der Waals surface area contributed by atoms with Crippen molar-refractivity contribution in [3.05, 3.63) is 11.8 Å². The number of aryl methyl sites for hydroxylation is 1. The molecule has 0 aliphatic rings. The van der Waals surface area contributed by atoms with Gasteiger partial charge < -0.3 is 10.2 Å². The van der Waals surface area contributed by atoms with Crippen molar-refractivity contribution in [2.75, 3.05) is 37.2 Å². The quantitative estimate of drug-likeness (QED) is 0.557. The zero-order valence-corrected chi connectivity index (χ0v) is 13.4. The highest BCUT2D eigenvalue weighted by molar-refractivity contribution is 7.99. The number of nitrogens with zero attached hydrogens (tertiary/aromatic N) is 3. The van der Waals surface area contributed by atoms with Crippen molar-refractivity contribution in [1.29, 1.82) is 0 Å². The Balaban J connectivity index is 2.51. The van der Waals surface area contributed by atoms with E-state index in [0.717, 1.165) is 54.9 Å². The molecule has 1 aromatic rings. The minimum atomic E-state index is 0.748. The van der Waals surface area contributed by atoms with Gasteiger partial charge in [0.15, 0.2) is 0 Å². The van der Waals surface area contributed by atoms with Gasteiger partial charge in [0.25, 0.3) is 0 Å². The summed E-state index contributed by atoms with van der Waals surface area (Å²) in [6.45, 7) is 12.9. The lowest BCUT2D eigenvalue weighted by molar-refractivity contribution is 0.324. The molecule has 4 nitrogen and oxygen atoms in total. The maximum absolute atomic E-state index is 4.58. The number of anilines is 1. The van der Waals surface area contributed by atoms with Crippen LogP contribution in [0.25, 0.3) is 0 Å². The molecule has 0 saturated heterocycles. The molecule has 0 saturated carbocycles. The van der Waals surface area contributed by atoms with E-state index in [4.69, 9.17) is 0 Å². The number of aromatic nitrogens is 2. The van der Waals surface area contributed by atoms with Crippen molar-refractivity contribution in [2.24, 2.45) is 0 Å². The molecule has 0 aliphatic carbocycles. The Kier molecular flexibility index (Phi) is 7.82. The lowest BCUT2D eigenvalue weighted by Gasteiger charge is -2.17. The third kappa shape index (κ3) is 5.78. The molecule has 5 heteroatoms. The Morgan fingerprint density at radius 3 is 2.63 bits per heavy atom. The second-order valence-corrected chi connectivity index (χ2v) is 5.57. The summed E-state index contributed by atoms with van der Waals surface area (Å²) < 4.78 is 0. The second-order valence-electron chi connectivity index (χ2n) is 4.48. The number of thioether (sulfide) groups is 1. The first-order valence-corrected chi connectivity index (χ1v) is 8.12. The molecular formula is C14H26N4S. The van der Waals surface area contributed by atoms with Crippen molar-refractivity contribution in [1.82, 2.24) is 14.9 Å². The molecule has 0 aliphatic heterocycles. The third-order valence-corrected chi connectivity index (χ3v) is 4.07. The van der Waals surface area contributed by atoms with Crippen LogP contribution in [0.3, 0.4) is 0 Å². The van der Waals surface area contributed by atoms with Gasteiger partial charge in [-0.15, -0.1) is 11.8 Å². The van der Waals surface area contributed by atoms with Gasteiger partial charge in [0.05, 0.1) is 0 Å². The van der Waals surface area contributed by atoms with E-state index in [-0.39, 0.29) is 0 Å². The zero-order chi connectivity index (χ0) is 14.1. The molecule has 0 aromatic carbocycles. The van der Waals surface area contributed by atoms with Crippen LogP contribution in [0.4, 0.5) is 5.95 Å². The molecule has 0 atom stereocenters. The molecule has 0 fully saturated rings. The first-order chi connectivity index (χ1) is 9.21. The minimum Gasteiger partial charge on any atom is -0.354 e. The fraction of sp³-hybridized carbons (Fsp3) is 0.714. The molecule has 19 heavy (non-hydrogen) atoms. The van der Waals surface area contributed by atoms with Crippen LogP contribution in [0.1, 0.15) is 32.8 Å². The van der Waals surface area contributed by atoms with Crippen LogP contribution in [0.15, 0.2) is 11.2 Å². The third-order valence-electron chi connectivity index (χ3n) is 3.00. The Hall–Kier alpha value is -0.810. The highest BCUT2D eigenvalue weighted by Gasteiger charge is 2.05. The second kappa shape index (κ2) is 9.15. The number of rotatable bonds is 9. The molecule has 0 bridgehead atoms. The fourth-order valence-electron chi connectivity index (χ4n) is 1.71. The number of nitrogens with one attached hydrogen (secondary N) is 1. The summed E-state index contributed by atoms with van der Waals surface area (Å²) in [5, 5.41) is 4.34. The van der Waals surface area contributed by atoms with Crippen LogP contribution in [0, 0.1) is 6.92 Å². The minimum absolute atomic E-state index is 0.748. The molecule has 108 valence electrons. The van der Waals surface area contributed by atoms with Gasteiger partial charge in [0.1, 0.15) is 5.03 Å². The number of hydrogen-bond acceptors (Lipinski definition) is 5. The standard InChI is InChI=1S/C14H26N4S/c1-5-8-15-14-16-11-12(4)13(17-14)19-10-9-18(6-2)7-3/h11H,5-10H2,1-4H3,(H,15,16,17). The largest absolute Gasteiger partial charge is 0.354 e. The van der Waals surface area contributed by atoms with Crippen molar-refractivity contribution in [2.45, 2.75) is 39.1 Å². The van der Waals surface area contributed by atoms with Gasteiger partial charge >= 0.3 is 0 Å². The van der Waals surface area contributed by atoms with Crippen LogP contribution >= 0.6 is 11.8 Å². The van der Waals surface area contributed by atoms with Crippen molar-refractivity contribution >= 4 is 17.7 Å². The summed E-state index contributed by atoms with van der Waals surface area (Å²) in [4.78, 5) is 11.3. The monoisotopic (exact) mass is 282 g/mol. The molecule has 0 amide bonds. The Morgan fingerprint density at radius 2 is 2.00 bits per heavy atom. The fourth-order valence-corrected chi connectivity index (χ4v) is 2.68. The average Bonchev–Trinajstić information content (AvgIpc) is 2.44. The average molecular weight is 282 g/mol. The molecule has 1 aromatic heterocycles. The van der Waals surface area contributed by atoms with Gasteiger partial charge in [0, 0.05) is 25.0 Å². The summed E-state index contributed by atoms with van der Waals surface area (Å²) in [5.41, 5.74) is 1.16. The predicted octanol–water partition coefficient (Wildman–Crippen LogP) is 3.04. The molecule has 0 radical (unpaired) electrons. The van der Waals surface area contributed by atoms with E-state index in [1.807, 2.05) is 18.0 Å². The molecule has 0 spiro atoms. The lowest BCUT2D eigenvalue weighted by Crippen LogP contribution is -2.25. The smallest absolute Gasteiger partial charge is 0.223 e. The first kappa shape index (κ1) is 16.2. The van der Waals surface area contributed by atoms with Gasteiger partial charge in [-0.2, -0.15) is 0 Å². The lowest BCUT2D eigenvalue weighted by atomic mass is 10.4. The van der Waals surface area contributed by atoms with E-state index in [1.165, 1.54) is 0 Å². The molecular weight excluding hydrogens is 256 g/mol. The van der Waals surface area contributed by atoms with Crippen molar-refractivity contribution in [3.63, 3.8) is 0 Å². The van der Waals surface area contributed by atoms with Gasteiger partial charge in [0.2, 0.25) is 5.95 Å². The summed E-state index contributed by atoms with van der Waals surface area (Å²) in [5.74, 6) is 1.82. The topological polar surface area (TPSA) is 41.1 Å². The van der Waals surface area contributed by atoms with Gasteiger partial charge in [-0.3, -0.25) is 0 Å². The van der Waals surface area contributed by atoms with Crippen LogP contribution in [-0.2, 0) is 0 Å². The van der Waals surface area contributed by atoms with Crippen LogP contribution in [0.5, 0.6) is 0 Å². The van der Waals surface area contributed by atoms with E-state index in [2.05, 4.69) is 47.9 Å². The predicted molar refractivity (Wildman–Crippen MR) is 84.1 cm³/mol. The first-order valence-electron chi connectivity index (χ1n) is 7.13. The van der Waals surface area contributed by atoms with Crippen LogP contribution in [-0.4, -0.2) is 46.8 Å².